The summed E-state index contributed by atoms with van der Waals surface area (Å²) in [5.41, 5.74) is 2.70. The maximum Gasteiger partial charge on any atom is 0.262 e. The van der Waals surface area contributed by atoms with E-state index in [0.29, 0.717) is 53.6 Å². The molecule has 5 amide bonds. The topological polar surface area (TPSA) is 211 Å². The third-order valence-electron chi connectivity index (χ3n) is 11.8. The van der Waals surface area contributed by atoms with Gasteiger partial charge in [0.25, 0.3) is 11.8 Å². The molecule has 3 fully saturated rings. The van der Waals surface area contributed by atoms with E-state index >= 15 is 4.39 Å². The number of piperidine rings is 1. The average molecular weight is 865 g/mol. The van der Waals surface area contributed by atoms with Crippen LogP contribution in [0.5, 0.6) is 0 Å². The van der Waals surface area contributed by atoms with Crippen LogP contribution in [0.4, 0.5) is 15.8 Å². The molecule has 20 heteroatoms. The summed E-state index contributed by atoms with van der Waals surface area (Å²) in [4.78, 5) is 77.3. The van der Waals surface area contributed by atoms with E-state index in [4.69, 9.17) is 16.6 Å². The Balaban J connectivity index is 0.763. The quantitative estimate of drug-likeness (QED) is 0.179. The third-order valence-corrected chi connectivity index (χ3v) is 13.2. The van der Waals surface area contributed by atoms with Gasteiger partial charge in [-0.15, -0.1) is 10.2 Å². The molecule has 1 aliphatic carbocycles. The van der Waals surface area contributed by atoms with Crippen LogP contribution in [0.1, 0.15) is 75.7 Å². The van der Waals surface area contributed by atoms with Crippen molar-refractivity contribution < 1.29 is 28.4 Å². The molecule has 1 atom stereocenters. The number of hydrogen-bond donors (Lipinski definition) is 3. The first kappa shape index (κ1) is 40.1. The molecule has 1 unspecified atom stereocenters. The number of anilines is 2. The zero-order chi connectivity index (χ0) is 42.5. The zero-order valence-electron chi connectivity index (χ0n) is 32.8. The van der Waals surface area contributed by atoms with Crippen LogP contribution in [0.25, 0.3) is 27.4 Å². The summed E-state index contributed by atoms with van der Waals surface area (Å²) in [5, 5.41) is 29.7. The highest BCUT2D eigenvalue weighted by atomic mass is 35.5. The lowest BCUT2D eigenvalue weighted by molar-refractivity contribution is -0.136. The highest BCUT2D eigenvalue weighted by Crippen LogP contribution is 2.39. The van der Waals surface area contributed by atoms with E-state index in [1.54, 1.807) is 27.9 Å². The van der Waals surface area contributed by atoms with Crippen LogP contribution in [0.3, 0.4) is 0 Å². The molecule has 0 radical (unpaired) electrons. The maximum atomic E-state index is 15.4. The maximum absolute atomic E-state index is 15.4. The van der Waals surface area contributed by atoms with E-state index in [1.165, 1.54) is 23.6 Å². The first-order chi connectivity index (χ1) is 29.5. The Kier molecular flexibility index (Phi) is 10.7. The van der Waals surface area contributed by atoms with Gasteiger partial charge in [-0.2, -0.15) is 5.26 Å². The fourth-order valence-electron chi connectivity index (χ4n) is 8.60. The SMILES string of the molecule is CNc1cc(-n2cc(Cl)c3cc(C#N)cnc32)ncc1-c1nnc([C@H]2CC[C@H](NC(=O)CN3CCN(c4cc5c(cc4F)C(=O)N(C4CCC(=O)NC4=O)C5=O)CC3)CC2)s1. The minimum Gasteiger partial charge on any atom is -0.387 e. The van der Waals surface area contributed by atoms with Gasteiger partial charge in [-0.25, -0.2) is 14.4 Å². The summed E-state index contributed by atoms with van der Waals surface area (Å²) in [5.74, 6) is -2.58. The number of nitrogens with one attached hydrogen (secondary N) is 3. The first-order valence-corrected chi connectivity index (χ1v) is 21.1. The second-order valence-corrected chi connectivity index (χ2v) is 16.9. The van der Waals surface area contributed by atoms with Gasteiger partial charge in [0.1, 0.15) is 34.4 Å². The molecular weight excluding hydrogens is 827 g/mol. The number of piperazine rings is 1. The van der Waals surface area contributed by atoms with E-state index in [9.17, 15) is 29.2 Å². The molecule has 61 heavy (non-hydrogen) atoms. The normalized spacial score (nSPS) is 20.8. The number of halogens is 2. The number of pyridine rings is 2. The van der Waals surface area contributed by atoms with Crippen molar-refractivity contribution in [2.75, 3.05) is 50.0 Å². The Morgan fingerprint density at radius 3 is 2.44 bits per heavy atom. The van der Waals surface area contributed by atoms with Crippen molar-refractivity contribution in [3.05, 3.63) is 75.4 Å². The summed E-state index contributed by atoms with van der Waals surface area (Å²) < 4.78 is 17.2. The molecule has 4 aromatic heterocycles. The van der Waals surface area contributed by atoms with Crippen molar-refractivity contribution in [1.82, 2.24) is 45.2 Å². The highest BCUT2D eigenvalue weighted by Gasteiger charge is 2.45. The van der Waals surface area contributed by atoms with Gasteiger partial charge in [0.2, 0.25) is 17.7 Å². The van der Waals surface area contributed by atoms with Crippen LogP contribution in [0.2, 0.25) is 5.02 Å². The Labute approximate surface area is 356 Å². The molecule has 5 aromatic rings. The lowest BCUT2D eigenvalue weighted by Crippen LogP contribution is -2.54. The molecule has 1 aromatic carbocycles. The Morgan fingerprint density at radius 1 is 0.967 bits per heavy atom. The minimum absolute atomic E-state index is 0.00761. The van der Waals surface area contributed by atoms with Crippen molar-refractivity contribution in [2.24, 2.45) is 0 Å². The smallest absolute Gasteiger partial charge is 0.262 e. The Bertz CT molecular complexity index is 2680. The van der Waals surface area contributed by atoms with Gasteiger partial charge in [0.15, 0.2) is 5.01 Å². The fraction of sp³-hybridized carbons (Fsp3) is 0.366. The van der Waals surface area contributed by atoms with Gasteiger partial charge in [-0.05, 0) is 50.3 Å². The Morgan fingerprint density at radius 2 is 1.72 bits per heavy atom. The van der Waals surface area contributed by atoms with Crippen molar-refractivity contribution in [2.45, 2.75) is 56.5 Å². The number of rotatable bonds is 9. The Hall–Kier alpha value is -6.36. The molecule has 1 saturated carbocycles. The number of amides is 5. The molecule has 3 aliphatic heterocycles. The summed E-state index contributed by atoms with van der Waals surface area (Å²) >= 11 is 8.01. The van der Waals surface area contributed by atoms with Gasteiger partial charge in [-0.1, -0.05) is 22.9 Å². The van der Waals surface area contributed by atoms with Gasteiger partial charge < -0.3 is 15.5 Å². The summed E-state index contributed by atoms with van der Waals surface area (Å²) in [6.07, 6.45) is 8.28. The fourth-order valence-corrected chi connectivity index (χ4v) is 9.87. The van der Waals surface area contributed by atoms with Gasteiger partial charge in [-0.3, -0.25) is 43.7 Å². The molecule has 3 N–H and O–H groups in total. The largest absolute Gasteiger partial charge is 0.387 e. The summed E-state index contributed by atoms with van der Waals surface area (Å²) in [6, 6.07) is 6.99. The number of benzene rings is 1. The number of nitrogens with zero attached hydrogens (tertiary/aromatic N) is 9. The lowest BCUT2D eigenvalue weighted by atomic mass is 9.86. The third kappa shape index (κ3) is 7.55. The highest BCUT2D eigenvalue weighted by molar-refractivity contribution is 7.14. The molecule has 312 valence electrons. The molecule has 9 rings (SSSR count). The van der Waals surface area contributed by atoms with E-state index in [-0.39, 0.29) is 54.1 Å². The summed E-state index contributed by atoms with van der Waals surface area (Å²) in [6.45, 7) is 1.96. The second-order valence-electron chi connectivity index (χ2n) is 15.5. The van der Waals surface area contributed by atoms with Crippen molar-refractivity contribution in [3.8, 4) is 22.5 Å². The van der Waals surface area contributed by atoms with E-state index < -0.39 is 35.5 Å². The zero-order valence-corrected chi connectivity index (χ0v) is 34.4. The van der Waals surface area contributed by atoms with Crippen LogP contribution < -0.4 is 20.9 Å². The van der Waals surface area contributed by atoms with Crippen molar-refractivity contribution in [1.29, 1.82) is 5.26 Å². The number of fused-ring (bicyclic) bond motifs is 2. The number of carbonyl (C=O) groups excluding carboxylic acids is 5. The molecule has 17 nitrogen and oxygen atoms in total. The minimum atomic E-state index is -1.13. The van der Waals surface area contributed by atoms with Crippen molar-refractivity contribution >= 4 is 74.9 Å². The molecule has 0 bridgehead atoms. The van der Waals surface area contributed by atoms with Gasteiger partial charge in [0, 0.05) is 87.3 Å². The molecule has 7 heterocycles. The number of aromatic nitrogens is 5. The molecule has 2 saturated heterocycles. The lowest BCUT2D eigenvalue weighted by Gasteiger charge is -2.36. The van der Waals surface area contributed by atoms with E-state index in [0.717, 1.165) is 57.9 Å². The van der Waals surface area contributed by atoms with Gasteiger partial charge in [0.05, 0.1) is 39.5 Å². The molecule has 0 spiro atoms. The number of imide groups is 2. The van der Waals surface area contributed by atoms with Crippen LogP contribution >= 0.6 is 22.9 Å². The number of nitriles is 1. The average Bonchev–Trinajstić information content (AvgIpc) is 3.95. The van der Waals surface area contributed by atoms with Crippen molar-refractivity contribution in [3.63, 3.8) is 0 Å². The molecular formula is C41H38ClFN12O5S. The number of hydrogen-bond acceptors (Lipinski definition) is 14. The predicted octanol–water partition coefficient (Wildman–Crippen LogP) is 4.01. The monoisotopic (exact) mass is 864 g/mol. The summed E-state index contributed by atoms with van der Waals surface area (Å²) in [7, 11) is 1.83. The van der Waals surface area contributed by atoms with E-state index in [1.807, 2.05) is 18.0 Å². The van der Waals surface area contributed by atoms with E-state index in [2.05, 4.69) is 37.2 Å². The van der Waals surface area contributed by atoms with Crippen LogP contribution in [0.15, 0.2) is 42.9 Å². The van der Waals surface area contributed by atoms with Crippen LogP contribution in [-0.4, -0.2) is 116 Å². The van der Waals surface area contributed by atoms with Crippen LogP contribution in [-0.2, 0) is 14.4 Å². The second kappa shape index (κ2) is 16.2. The number of carbonyl (C=O) groups is 5. The molecule has 4 aliphatic rings. The van der Waals surface area contributed by atoms with Gasteiger partial charge >= 0.3 is 0 Å². The van der Waals surface area contributed by atoms with Crippen LogP contribution in [0, 0.1) is 17.1 Å². The standard InChI is InChI=1S/C41H38ClFN12O5S/c1-45-30-15-33(54-19-28(42)26-12-21(16-44)17-47-36(26)54)46-18-27(30)39-51-50-38(61-39)22-2-4-23(5-3-22)48-35(57)20-52-8-10-53(11-9-52)32-14-25-24(13-29(32)43)40(59)55(41(25)60)31-6-7-34(56)49-37(31)58/h12-15,17-19,22-23,31H,2-11,20H2,1H3,(H,45,46)(H,48,57)(H,49,56,58)/t22-,23-,31?. The first-order valence-electron chi connectivity index (χ1n) is 19.9. The predicted molar refractivity (Wildman–Crippen MR) is 222 cm³/mol.